The van der Waals surface area contributed by atoms with E-state index in [1.54, 1.807) is 6.92 Å². The third kappa shape index (κ3) is 4.47. The molecule has 0 heterocycles. The van der Waals surface area contributed by atoms with Crippen molar-refractivity contribution in [3.05, 3.63) is 23.8 Å². The zero-order chi connectivity index (χ0) is 17.3. The highest BCUT2D eigenvalue weighted by atomic mass is 35.5. The summed E-state index contributed by atoms with van der Waals surface area (Å²) in [7, 11) is -5.99. The van der Waals surface area contributed by atoms with Crippen molar-refractivity contribution < 1.29 is 16.8 Å². The van der Waals surface area contributed by atoms with Gasteiger partial charge in [-0.3, -0.25) is 0 Å². The number of halogens is 1. The van der Waals surface area contributed by atoms with Crippen molar-refractivity contribution in [1.29, 1.82) is 0 Å². The van der Waals surface area contributed by atoms with Gasteiger partial charge in [0.15, 0.2) is 0 Å². The smallest absolute Gasteiger partial charge is 0.240 e. The number of nitrogens with two attached hydrogens (primary N) is 1. The number of nitrogens with one attached hydrogen (secondary N) is 2. The fraction of sp³-hybridized carbons (Fsp3) is 0.571. The molecule has 2 rings (SSSR count). The van der Waals surface area contributed by atoms with Gasteiger partial charge in [0, 0.05) is 6.04 Å². The number of benzene rings is 1. The zero-order valence-electron chi connectivity index (χ0n) is 13.7. The van der Waals surface area contributed by atoms with Crippen LogP contribution in [0.15, 0.2) is 28.0 Å². The molecule has 2 atom stereocenters. The molecule has 1 aliphatic carbocycles. The molecule has 2 unspecified atom stereocenters. The molecule has 0 spiro atoms. The molecular weight excluding hydrogens is 374 g/mol. The van der Waals surface area contributed by atoms with Gasteiger partial charge in [0.1, 0.15) is 0 Å². The summed E-state index contributed by atoms with van der Waals surface area (Å²) in [5.74, 6) is 0.148. The molecule has 1 fully saturated rings. The first-order valence-electron chi connectivity index (χ1n) is 7.48. The van der Waals surface area contributed by atoms with Gasteiger partial charge in [0.2, 0.25) is 20.0 Å². The summed E-state index contributed by atoms with van der Waals surface area (Å²) in [6.45, 7) is 2.02. The second-order valence-electron chi connectivity index (χ2n) is 5.79. The fourth-order valence-electron chi connectivity index (χ4n) is 2.94. The molecule has 0 aliphatic heterocycles. The number of rotatable bonds is 6. The van der Waals surface area contributed by atoms with Gasteiger partial charge in [0.05, 0.1) is 9.79 Å². The predicted molar refractivity (Wildman–Crippen MR) is 95.2 cm³/mol. The van der Waals surface area contributed by atoms with Gasteiger partial charge < -0.3 is 5.73 Å². The lowest BCUT2D eigenvalue weighted by Gasteiger charge is -2.19. The highest BCUT2D eigenvalue weighted by molar-refractivity contribution is 7.90. The summed E-state index contributed by atoms with van der Waals surface area (Å²) in [6.07, 6.45) is 2.64. The number of hydrogen-bond donors (Lipinski definition) is 3. The first-order valence-corrected chi connectivity index (χ1v) is 10.4. The molecule has 138 valence electrons. The topological polar surface area (TPSA) is 118 Å². The van der Waals surface area contributed by atoms with Crippen molar-refractivity contribution in [1.82, 2.24) is 9.44 Å². The zero-order valence-corrected chi connectivity index (χ0v) is 16.1. The second kappa shape index (κ2) is 8.11. The largest absolute Gasteiger partial charge is 0.330 e. The average molecular weight is 398 g/mol. The minimum absolute atomic E-state index is 0. The van der Waals surface area contributed by atoms with Gasteiger partial charge in [-0.05, 0) is 63.0 Å². The van der Waals surface area contributed by atoms with Gasteiger partial charge in [-0.15, -0.1) is 12.4 Å². The van der Waals surface area contributed by atoms with E-state index >= 15 is 0 Å². The van der Waals surface area contributed by atoms with E-state index in [4.69, 9.17) is 5.73 Å². The van der Waals surface area contributed by atoms with E-state index in [2.05, 4.69) is 9.44 Å². The van der Waals surface area contributed by atoms with Gasteiger partial charge in [-0.1, -0.05) is 6.42 Å². The standard InChI is InChI=1S/C14H23N3O4S2.ClH/c1-10-8-12(6-7-14(10)23(20,21)16-2)22(18,19)17-13-5-3-4-11(13)9-15;/h6-8,11,13,16-17H,3-5,9,15H2,1-2H3;1H. The van der Waals surface area contributed by atoms with E-state index in [1.165, 1.54) is 25.2 Å². The quantitative estimate of drug-likeness (QED) is 0.653. The Morgan fingerprint density at radius 1 is 1.17 bits per heavy atom. The van der Waals surface area contributed by atoms with Crippen LogP contribution in [0.3, 0.4) is 0 Å². The molecule has 1 aromatic carbocycles. The lowest BCUT2D eigenvalue weighted by molar-refractivity contribution is 0.453. The molecule has 0 bridgehead atoms. The Hall–Kier alpha value is -0.710. The molecule has 10 heteroatoms. The Kier molecular flexibility index (Phi) is 7.21. The number of aryl methyl sites for hydroxylation is 1. The maximum absolute atomic E-state index is 12.5. The summed E-state index contributed by atoms with van der Waals surface area (Å²) in [4.78, 5) is 0.132. The minimum Gasteiger partial charge on any atom is -0.330 e. The SMILES string of the molecule is CNS(=O)(=O)c1ccc(S(=O)(=O)NC2CCCC2CN)cc1C.Cl. The Bertz CT molecular complexity index is 781. The molecule has 24 heavy (non-hydrogen) atoms. The van der Waals surface area contributed by atoms with E-state index in [0.29, 0.717) is 12.1 Å². The van der Waals surface area contributed by atoms with Crippen LogP contribution in [0, 0.1) is 12.8 Å². The molecule has 1 saturated carbocycles. The van der Waals surface area contributed by atoms with Crippen LogP contribution in [-0.4, -0.2) is 36.5 Å². The molecule has 4 N–H and O–H groups in total. The highest BCUT2D eigenvalue weighted by Crippen LogP contribution is 2.27. The van der Waals surface area contributed by atoms with Gasteiger partial charge >= 0.3 is 0 Å². The van der Waals surface area contributed by atoms with Crippen LogP contribution in [0.5, 0.6) is 0 Å². The van der Waals surface area contributed by atoms with Crippen molar-refractivity contribution in [2.24, 2.45) is 11.7 Å². The molecule has 0 saturated heterocycles. The van der Waals surface area contributed by atoms with Crippen LogP contribution in [0.2, 0.25) is 0 Å². The first-order chi connectivity index (χ1) is 10.7. The van der Waals surface area contributed by atoms with Crippen molar-refractivity contribution in [2.75, 3.05) is 13.6 Å². The summed E-state index contributed by atoms with van der Waals surface area (Å²) < 4.78 is 53.7. The third-order valence-electron chi connectivity index (χ3n) is 4.28. The van der Waals surface area contributed by atoms with E-state index in [9.17, 15) is 16.8 Å². The molecular formula is C14H24ClN3O4S2. The lowest BCUT2D eigenvalue weighted by Crippen LogP contribution is -2.39. The summed E-state index contributed by atoms with van der Waals surface area (Å²) in [5, 5.41) is 0. The van der Waals surface area contributed by atoms with Crippen LogP contribution in [0.25, 0.3) is 0 Å². The van der Waals surface area contributed by atoms with Gasteiger partial charge in [-0.25, -0.2) is 26.3 Å². The Balaban J connectivity index is 0.00000288. The Labute approximate surface area is 149 Å². The molecule has 1 aromatic rings. The molecule has 7 nitrogen and oxygen atoms in total. The Morgan fingerprint density at radius 2 is 1.83 bits per heavy atom. The molecule has 0 radical (unpaired) electrons. The molecule has 0 aromatic heterocycles. The third-order valence-corrected chi connectivity index (χ3v) is 7.35. The van der Waals surface area contributed by atoms with Crippen molar-refractivity contribution in [3.63, 3.8) is 0 Å². The highest BCUT2D eigenvalue weighted by Gasteiger charge is 2.30. The summed E-state index contributed by atoms with van der Waals surface area (Å²) in [5.41, 5.74) is 6.06. The summed E-state index contributed by atoms with van der Waals surface area (Å²) in [6, 6.07) is 3.83. The van der Waals surface area contributed by atoms with Crippen molar-refractivity contribution in [2.45, 2.75) is 42.0 Å². The van der Waals surface area contributed by atoms with E-state index in [-0.39, 0.29) is 34.2 Å². The number of hydrogen-bond acceptors (Lipinski definition) is 5. The van der Waals surface area contributed by atoms with Gasteiger partial charge in [0.25, 0.3) is 0 Å². The minimum atomic E-state index is -3.70. The van der Waals surface area contributed by atoms with E-state index in [1.807, 2.05) is 0 Å². The van der Waals surface area contributed by atoms with E-state index in [0.717, 1.165) is 19.3 Å². The lowest BCUT2D eigenvalue weighted by atomic mass is 10.1. The van der Waals surface area contributed by atoms with Crippen LogP contribution in [0.4, 0.5) is 0 Å². The molecule has 1 aliphatic rings. The second-order valence-corrected chi connectivity index (χ2v) is 9.36. The van der Waals surface area contributed by atoms with Crippen LogP contribution >= 0.6 is 12.4 Å². The maximum atomic E-state index is 12.5. The average Bonchev–Trinajstić information content (AvgIpc) is 2.93. The normalized spacial score (nSPS) is 21.5. The Morgan fingerprint density at radius 3 is 2.38 bits per heavy atom. The van der Waals surface area contributed by atoms with Crippen molar-refractivity contribution >= 4 is 32.5 Å². The van der Waals surface area contributed by atoms with Crippen LogP contribution < -0.4 is 15.2 Å². The maximum Gasteiger partial charge on any atom is 0.240 e. The predicted octanol–water partition coefficient (Wildman–Crippen LogP) is 0.731. The van der Waals surface area contributed by atoms with Crippen molar-refractivity contribution in [3.8, 4) is 0 Å². The van der Waals surface area contributed by atoms with E-state index < -0.39 is 20.0 Å². The van der Waals surface area contributed by atoms with Crippen LogP contribution in [-0.2, 0) is 20.0 Å². The summed E-state index contributed by atoms with van der Waals surface area (Å²) >= 11 is 0. The monoisotopic (exact) mass is 397 g/mol. The molecule has 0 amide bonds. The van der Waals surface area contributed by atoms with Gasteiger partial charge in [-0.2, -0.15) is 0 Å². The number of sulfonamides is 2. The first kappa shape index (κ1) is 21.3. The van der Waals surface area contributed by atoms with Crippen LogP contribution in [0.1, 0.15) is 24.8 Å². The fourth-order valence-corrected chi connectivity index (χ4v) is 5.32.